The lowest BCUT2D eigenvalue weighted by molar-refractivity contribution is -0.126. The SMILES string of the molecule is CCCCCCCCCC(=O)NCC(=O)NN=Cc1ccc(OC(=O)c2ccc(Cl)c(Cl)c2)c(OC)c1. The van der Waals surface area contributed by atoms with Crippen LogP contribution >= 0.6 is 23.2 Å². The van der Waals surface area contributed by atoms with Crippen molar-refractivity contribution in [3.8, 4) is 11.5 Å². The Hall–Kier alpha value is -3.10. The highest BCUT2D eigenvalue weighted by Gasteiger charge is 2.14. The Bertz CT molecular complexity index is 1090. The molecule has 0 aliphatic rings. The molecule has 0 saturated heterocycles. The molecule has 2 aromatic carbocycles. The Morgan fingerprint density at radius 2 is 1.62 bits per heavy atom. The normalized spacial score (nSPS) is 10.8. The summed E-state index contributed by atoms with van der Waals surface area (Å²) in [7, 11) is 1.43. The predicted molar refractivity (Wildman–Crippen MR) is 146 cm³/mol. The number of ether oxygens (including phenoxy) is 2. The molecule has 37 heavy (non-hydrogen) atoms. The summed E-state index contributed by atoms with van der Waals surface area (Å²) in [5.41, 5.74) is 3.19. The topological polar surface area (TPSA) is 106 Å². The first-order chi connectivity index (χ1) is 17.8. The van der Waals surface area contributed by atoms with Crippen molar-refractivity contribution in [2.24, 2.45) is 5.10 Å². The van der Waals surface area contributed by atoms with Crippen LogP contribution in [0.1, 0.15) is 74.2 Å². The van der Waals surface area contributed by atoms with Crippen LogP contribution in [0, 0.1) is 0 Å². The van der Waals surface area contributed by atoms with E-state index in [4.69, 9.17) is 32.7 Å². The molecule has 2 amide bonds. The molecular weight excluding hydrogens is 517 g/mol. The van der Waals surface area contributed by atoms with Crippen molar-refractivity contribution in [2.75, 3.05) is 13.7 Å². The Labute approximate surface area is 227 Å². The second-order valence-electron chi connectivity index (χ2n) is 8.37. The van der Waals surface area contributed by atoms with Crippen LogP contribution in [0.5, 0.6) is 11.5 Å². The summed E-state index contributed by atoms with van der Waals surface area (Å²) in [4.78, 5) is 36.3. The number of halogens is 2. The maximum absolute atomic E-state index is 12.4. The average Bonchev–Trinajstić information content (AvgIpc) is 2.89. The number of methoxy groups -OCH3 is 1. The zero-order valence-electron chi connectivity index (χ0n) is 21.1. The second kappa shape index (κ2) is 16.6. The number of carbonyl (C=O) groups excluding carboxylic acids is 3. The Morgan fingerprint density at radius 1 is 0.892 bits per heavy atom. The number of carbonyl (C=O) groups is 3. The molecule has 0 saturated carbocycles. The number of hydrogen-bond donors (Lipinski definition) is 2. The number of unbranched alkanes of at least 4 members (excludes halogenated alkanes) is 6. The van der Waals surface area contributed by atoms with Gasteiger partial charge in [0.15, 0.2) is 11.5 Å². The fraction of sp³-hybridized carbons (Fsp3) is 0.407. The number of hydrogen-bond acceptors (Lipinski definition) is 6. The van der Waals surface area contributed by atoms with Crippen molar-refractivity contribution < 1.29 is 23.9 Å². The smallest absolute Gasteiger partial charge is 0.343 e. The number of amides is 2. The molecule has 0 radical (unpaired) electrons. The van der Waals surface area contributed by atoms with Crippen molar-refractivity contribution in [1.82, 2.24) is 10.7 Å². The summed E-state index contributed by atoms with van der Waals surface area (Å²) in [6.45, 7) is 2.03. The molecule has 0 fully saturated rings. The predicted octanol–water partition coefficient (Wildman–Crippen LogP) is 5.93. The zero-order valence-corrected chi connectivity index (χ0v) is 22.7. The highest BCUT2D eigenvalue weighted by atomic mass is 35.5. The molecule has 0 unspecified atom stereocenters. The van der Waals surface area contributed by atoms with E-state index in [1.54, 1.807) is 18.2 Å². The zero-order chi connectivity index (χ0) is 27.0. The summed E-state index contributed by atoms with van der Waals surface area (Å²) >= 11 is 11.8. The molecule has 2 aromatic rings. The lowest BCUT2D eigenvalue weighted by atomic mass is 10.1. The van der Waals surface area contributed by atoms with Gasteiger partial charge < -0.3 is 14.8 Å². The molecule has 0 aromatic heterocycles. The highest BCUT2D eigenvalue weighted by Crippen LogP contribution is 2.29. The third-order valence-electron chi connectivity index (χ3n) is 5.40. The molecule has 10 heteroatoms. The van der Waals surface area contributed by atoms with Crippen molar-refractivity contribution in [3.05, 3.63) is 57.6 Å². The molecule has 0 heterocycles. The van der Waals surface area contributed by atoms with Crippen LogP contribution in [0.4, 0.5) is 0 Å². The molecule has 0 aliphatic heterocycles. The van der Waals surface area contributed by atoms with E-state index in [-0.39, 0.29) is 28.8 Å². The van der Waals surface area contributed by atoms with Crippen molar-refractivity contribution in [1.29, 1.82) is 0 Å². The van der Waals surface area contributed by atoms with Crippen LogP contribution < -0.4 is 20.2 Å². The fourth-order valence-corrected chi connectivity index (χ4v) is 3.66. The first-order valence-corrected chi connectivity index (χ1v) is 13.0. The number of esters is 1. The highest BCUT2D eigenvalue weighted by molar-refractivity contribution is 6.42. The third-order valence-corrected chi connectivity index (χ3v) is 6.14. The lowest BCUT2D eigenvalue weighted by Crippen LogP contribution is -2.34. The van der Waals surface area contributed by atoms with Crippen molar-refractivity contribution in [3.63, 3.8) is 0 Å². The molecule has 200 valence electrons. The summed E-state index contributed by atoms with van der Waals surface area (Å²) in [6.07, 6.45) is 9.71. The second-order valence-corrected chi connectivity index (χ2v) is 9.18. The molecule has 0 bridgehead atoms. The van der Waals surface area contributed by atoms with Crippen LogP contribution in [-0.2, 0) is 9.59 Å². The summed E-state index contributed by atoms with van der Waals surface area (Å²) in [5, 5.41) is 7.06. The minimum Gasteiger partial charge on any atom is -0.493 e. The maximum atomic E-state index is 12.4. The monoisotopic (exact) mass is 549 g/mol. The van der Waals surface area contributed by atoms with Crippen LogP contribution in [0.15, 0.2) is 41.5 Å². The van der Waals surface area contributed by atoms with E-state index in [9.17, 15) is 14.4 Å². The van der Waals surface area contributed by atoms with Crippen LogP contribution in [0.2, 0.25) is 10.0 Å². The van der Waals surface area contributed by atoms with Crippen LogP contribution in [-0.4, -0.2) is 37.7 Å². The van der Waals surface area contributed by atoms with Gasteiger partial charge in [-0.3, -0.25) is 9.59 Å². The third kappa shape index (κ3) is 11.2. The van der Waals surface area contributed by atoms with Gasteiger partial charge in [-0.25, -0.2) is 10.2 Å². The van der Waals surface area contributed by atoms with Crippen LogP contribution in [0.25, 0.3) is 0 Å². The first-order valence-electron chi connectivity index (χ1n) is 12.3. The van der Waals surface area contributed by atoms with E-state index in [0.717, 1.165) is 19.3 Å². The van der Waals surface area contributed by atoms with E-state index in [2.05, 4.69) is 22.8 Å². The largest absolute Gasteiger partial charge is 0.493 e. The lowest BCUT2D eigenvalue weighted by Gasteiger charge is -2.10. The first kappa shape index (κ1) is 30.1. The van der Waals surface area contributed by atoms with Gasteiger partial charge in [-0.15, -0.1) is 0 Å². The number of rotatable bonds is 15. The van der Waals surface area contributed by atoms with Crippen molar-refractivity contribution in [2.45, 2.75) is 58.3 Å². The minimum absolute atomic E-state index is 0.150. The Balaban J connectivity index is 1.77. The molecule has 2 rings (SSSR count). The van der Waals surface area contributed by atoms with Crippen LogP contribution in [0.3, 0.4) is 0 Å². The van der Waals surface area contributed by atoms with Gasteiger partial charge in [0.2, 0.25) is 5.91 Å². The van der Waals surface area contributed by atoms with Crippen molar-refractivity contribution >= 4 is 47.2 Å². The van der Waals surface area contributed by atoms with Gasteiger partial charge in [0.05, 0.1) is 35.5 Å². The van der Waals surface area contributed by atoms with E-state index in [0.29, 0.717) is 22.8 Å². The number of nitrogens with one attached hydrogen (secondary N) is 2. The summed E-state index contributed by atoms with van der Waals surface area (Å²) in [5.74, 6) is -0.726. The molecule has 0 spiro atoms. The summed E-state index contributed by atoms with van der Waals surface area (Å²) < 4.78 is 10.7. The fourth-order valence-electron chi connectivity index (χ4n) is 3.36. The van der Waals surface area contributed by atoms with Gasteiger partial charge in [-0.2, -0.15) is 5.10 Å². The van der Waals surface area contributed by atoms with E-state index >= 15 is 0 Å². The quantitative estimate of drug-likeness (QED) is 0.0941. The van der Waals surface area contributed by atoms with Gasteiger partial charge in [0.25, 0.3) is 5.91 Å². The average molecular weight is 550 g/mol. The molecule has 2 N–H and O–H groups in total. The van der Waals surface area contributed by atoms with Gasteiger partial charge >= 0.3 is 5.97 Å². The van der Waals surface area contributed by atoms with E-state index < -0.39 is 11.9 Å². The van der Waals surface area contributed by atoms with E-state index in [1.165, 1.54) is 57.2 Å². The number of hydrazone groups is 1. The molecule has 0 atom stereocenters. The molecule has 0 aliphatic carbocycles. The van der Waals surface area contributed by atoms with E-state index in [1.807, 2.05) is 0 Å². The maximum Gasteiger partial charge on any atom is 0.343 e. The molecule has 8 nitrogen and oxygen atoms in total. The Morgan fingerprint density at radius 3 is 2.32 bits per heavy atom. The Kier molecular flexibility index (Phi) is 13.5. The number of nitrogens with zero attached hydrogens (tertiary/aromatic N) is 1. The van der Waals surface area contributed by atoms with Gasteiger partial charge in [0.1, 0.15) is 0 Å². The van der Waals surface area contributed by atoms with Gasteiger partial charge in [-0.1, -0.05) is 68.7 Å². The minimum atomic E-state index is -0.625. The standard InChI is InChI=1S/C27H33Cl2N3O5/c1-3-4-5-6-7-8-9-10-25(33)30-18-26(34)32-31-17-19-11-14-23(24(15-19)36-2)37-27(35)20-12-13-21(28)22(29)16-20/h11-17H,3-10,18H2,1-2H3,(H,30,33)(H,32,34). The molecular formula is C27H33Cl2N3O5. The van der Waals surface area contributed by atoms with Gasteiger partial charge in [0, 0.05) is 6.42 Å². The number of benzene rings is 2. The van der Waals surface area contributed by atoms with Gasteiger partial charge in [-0.05, 0) is 48.4 Å². The summed E-state index contributed by atoms with van der Waals surface area (Å²) in [6, 6.07) is 9.21.